The normalized spacial score (nSPS) is 10.3. The van der Waals surface area contributed by atoms with Gasteiger partial charge in [-0.05, 0) is 19.4 Å². The fourth-order valence-electron chi connectivity index (χ4n) is 1.65. The summed E-state index contributed by atoms with van der Waals surface area (Å²) in [4.78, 5) is 18.0. The zero-order valence-electron chi connectivity index (χ0n) is 11.3. The van der Waals surface area contributed by atoms with Gasteiger partial charge in [0.1, 0.15) is 5.82 Å². The van der Waals surface area contributed by atoms with Gasteiger partial charge in [-0.3, -0.25) is 4.79 Å². The quantitative estimate of drug-likeness (QED) is 0.804. The summed E-state index contributed by atoms with van der Waals surface area (Å²) in [6.45, 7) is 5.45. The number of carbonyl (C=O) groups is 1. The molecule has 0 aliphatic heterocycles. The number of halogens is 1. The molecule has 0 fully saturated rings. The first-order valence-electron chi connectivity index (χ1n) is 6.43. The molecule has 0 aromatic carbocycles. The van der Waals surface area contributed by atoms with Crippen molar-refractivity contribution < 1.29 is 9.90 Å². The largest absolute Gasteiger partial charge is 0.395 e. The van der Waals surface area contributed by atoms with Crippen molar-refractivity contribution in [1.82, 2.24) is 9.88 Å². The van der Waals surface area contributed by atoms with Gasteiger partial charge in [-0.2, -0.15) is 0 Å². The number of nitrogens with zero attached hydrogens (tertiary/aromatic N) is 2. The van der Waals surface area contributed by atoms with Crippen molar-refractivity contribution in [3.63, 3.8) is 0 Å². The Hall–Kier alpha value is -1.33. The van der Waals surface area contributed by atoms with Crippen LogP contribution in [0.25, 0.3) is 0 Å². The van der Waals surface area contributed by atoms with Gasteiger partial charge in [-0.1, -0.05) is 18.5 Å². The van der Waals surface area contributed by atoms with Crippen molar-refractivity contribution >= 4 is 23.3 Å². The van der Waals surface area contributed by atoms with Gasteiger partial charge in [0, 0.05) is 25.8 Å². The number of anilines is 1. The van der Waals surface area contributed by atoms with E-state index in [2.05, 4.69) is 17.2 Å². The lowest BCUT2D eigenvalue weighted by Crippen LogP contribution is -2.33. The van der Waals surface area contributed by atoms with E-state index < -0.39 is 0 Å². The van der Waals surface area contributed by atoms with Crippen LogP contribution in [0.15, 0.2) is 12.3 Å². The van der Waals surface area contributed by atoms with Crippen molar-refractivity contribution in [1.29, 1.82) is 0 Å². The van der Waals surface area contributed by atoms with Crippen LogP contribution in [-0.4, -0.2) is 47.1 Å². The van der Waals surface area contributed by atoms with Crippen LogP contribution in [-0.2, 0) is 0 Å². The molecular formula is C13H20ClN3O2. The number of amides is 1. The van der Waals surface area contributed by atoms with Crippen molar-refractivity contribution in [2.24, 2.45) is 0 Å². The zero-order valence-corrected chi connectivity index (χ0v) is 12.1. The van der Waals surface area contributed by atoms with Crippen LogP contribution in [0.1, 0.15) is 30.6 Å². The third-order valence-electron chi connectivity index (χ3n) is 2.68. The average molecular weight is 286 g/mol. The summed E-state index contributed by atoms with van der Waals surface area (Å²) in [5.41, 5.74) is 0.408. The predicted octanol–water partition coefficient (Wildman–Crippen LogP) is 2.01. The third-order valence-corrected chi connectivity index (χ3v) is 2.98. The molecule has 106 valence electrons. The molecule has 0 spiro atoms. The molecule has 0 bridgehead atoms. The Morgan fingerprint density at radius 1 is 1.53 bits per heavy atom. The summed E-state index contributed by atoms with van der Waals surface area (Å²) in [5, 5.41) is 12.4. The number of nitrogens with one attached hydrogen (secondary N) is 1. The number of aromatic nitrogens is 1. The fourth-order valence-corrected chi connectivity index (χ4v) is 1.83. The Kier molecular flexibility index (Phi) is 6.59. The lowest BCUT2D eigenvalue weighted by molar-refractivity contribution is 0.0732. The maximum Gasteiger partial charge on any atom is 0.255 e. The van der Waals surface area contributed by atoms with Crippen molar-refractivity contribution in [2.75, 3.05) is 31.6 Å². The maximum atomic E-state index is 12.3. The van der Waals surface area contributed by atoms with Crippen molar-refractivity contribution in [2.45, 2.75) is 20.3 Å². The molecule has 1 amide bonds. The van der Waals surface area contributed by atoms with Crippen molar-refractivity contribution in [3.05, 3.63) is 22.8 Å². The number of aliphatic hydroxyl groups excluding tert-OH is 1. The van der Waals surface area contributed by atoms with Gasteiger partial charge in [-0.15, -0.1) is 0 Å². The first-order valence-corrected chi connectivity index (χ1v) is 6.81. The molecule has 0 aliphatic rings. The van der Waals surface area contributed by atoms with Gasteiger partial charge in [0.05, 0.1) is 17.2 Å². The molecule has 0 atom stereocenters. The second kappa shape index (κ2) is 7.96. The molecule has 1 aromatic rings. The number of hydrogen-bond acceptors (Lipinski definition) is 4. The first kappa shape index (κ1) is 15.7. The zero-order chi connectivity index (χ0) is 14.3. The van der Waals surface area contributed by atoms with E-state index in [1.54, 1.807) is 11.0 Å². The summed E-state index contributed by atoms with van der Waals surface area (Å²) < 4.78 is 0. The van der Waals surface area contributed by atoms with E-state index in [9.17, 15) is 4.79 Å². The molecular weight excluding hydrogens is 266 g/mol. The lowest BCUT2D eigenvalue weighted by Gasteiger charge is -2.20. The Morgan fingerprint density at radius 3 is 2.84 bits per heavy atom. The van der Waals surface area contributed by atoms with Gasteiger partial charge in [0.2, 0.25) is 0 Å². The molecule has 2 N–H and O–H groups in total. The summed E-state index contributed by atoms with van der Waals surface area (Å²) in [6.07, 6.45) is 2.44. The molecule has 0 saturated heterocycles. The number of rotatable bonds is 7. The van der Waals surface area contributed by atoms with Gasteiger partial charge < -0.3 is 15.3 Å². The highest BCUT2D eigenvalue weighted by Crippen LogP contribution is 2.20. The van der Waals surface area contributed by atoms with E-state index >= 15 is 0 Å². The molecule has 1 heterocycles. The topological polar surface area (TPSA) is 65.5 Å². The molecule has 0 aliphatic carbocycles. The lowest BCUT2D eigenvalue weighted by atomic mass is 10.2. The van der Waals surface area contributed by atoms with E-state index in [0.717, 1.165) is 13.0 Å². The van der Waals surface area contributed by atoms with Gasteiger partial charge in [0.25, 0.3) is 5.91 Å². The Bertz CT molecular complexity index is 426. The Balaban J connectivity index is 2.93. The number of hydrogen-bond donors (Lipinski definition) is 2. The van der Waals surface area contributed by atoms with E-state index in [1.807, 2.05) is 6.92 Å². The molecule has 1 rings (SSSR count). The van der Waals surface area contributed by atoms with Crippen LogP contribution in [0, 0.1) is 0 Å². The highest BCUT2D eigenvalue weighted by atomic mass is 35.5. The minimum absolute atomic E-state index is 0.0662. The van der Waals surface area contributed by atoms with Crippen LogP contribution >= 0.6 is 11.6 Å². The smallest absolute Gasteiger partial charge is 0.255 e. The average Bonchev–Trinajstić information content (AvgIpc) is 2.43. The highest BCUT2D eigenvalue weighted by Gasteiger charge is 2.17. The number of carbonyl (C=O) groups excluding carboxylic acids is 1. The standard InChI is InChI=1S/C13H20ClN3O2/c1-3-5-15-12-8-10(11(14)9-16-12)13(19)17(4-2)6-7-18/h8-9,18H,3-7H2,1-2H3,(H,15,16). The van der Waals surface area contributed by atoms with Crippen LogP contribution < -0.4 is 5.32 Å². The summed E-state index contributed by atoms with van der Waals surface area (Å²) in [6, 6.07) is 1.65. The van der Waals surface area contributed by atoms with Crippen LogP contribution in [0.4, 0.5) is 5.82 Å². The van der Waals surface area contributed by atoms with Crippen LogP contribution in [0.2, 0.25) is 5.02 Å². The molecule has 6 heteroatoms. The molecule has 0 unspecified atom stereocenters. The highest BCUT2D eigenvalue weighted by molar-refractivity contribution is 6.33. The van der Waals surface area contributed by atoms with Crippen molar-refractivity contribution in [3.8, 4) is 0 Å². The molecule has 1 aromatic heterocycles. The minimum atomic E-state index is -0.191. The van der Waals surface area contributed by atoms with Gasteiger partial charge in [-0.25, -0.2) is 4.98 Å². The maximum absolute atomic E-state index is 12.3. The fraction of sp³-hybridized carbons (Fsp3) is 0.538. The third kappa shape index (κ3) is 4.36. The summed E-state index contributed by atoms with van der Waals surface area (Å²) in [7, 11) is 0. The molecule has 0 radical (unpaired) electrons. The molecule has 5 nitrogen and oxygen atoms in total. The monoisotopic (exact) mass is 285 g/mol. The minimum Gasteiger partial charge on any atom is -0.395 e. The van der Waals surface area contributed by atoms with Crippen LogP contribution in [0.5, 0.6) is 0 Å². The van der Waals surface area contributed by atoms with E-state index in [-0.39, 0.29) is 12.5 Å². The summed E-state index contributed by atoms with van der Waals surface area (Å²) in [5.74, 6) is 0.443. The van der Waals surface area contributed by atoms with E-state index in [4.69, 9.17) is 16.7 Å². The molecule has 19 heavy (non-hydrogen) atoms. The molecule has 0 saturated carbocycles. The second-order valence-corrected chi connectivity index (χ2v) is 4.49. The van der Waals surface area contributed by atoms with E-state index in [1.165, 1.54) is 6.20 Å². The van der Waals surface area contributed by atoms with Gasteiger partial charge >= 0.3 is 0 Å². The van der Waals surface area contributed by atoms with E-state index in [0.29, 0.717) is 29.5 Å². The number of aliphatic hydroxyl groups is 1. The second-order valence-electron chi connectivity index (χ2n) is 4.08. The van der Waals surface area contributed by atoms with Gasteiger partial charge in [0.15, 0.2) is 0 Å². The Labute approximate surface area is 118 Å². The predicted molar refractivity (Wildman–Crippen MR) is 76.7 cm³/mol. The number of likely N-dealkylation sites (N-methyl/N-ethyl adjacent to an activating group) is 1. The summed E-state index contributed by atoms with van der Waals surface area (Å²) >= 11 is 6.03. The van der Waals surface area contributed by atoms with Crippen LogP contribution in [0.3, 0.4) is 0 Å². The Morgan fingerprint density at radius 2 is 2.26 bits per heavy atom. The number of pyridine rings is 1. The first-order chi connectivity index (χ1) is 9.13. The SMILES string of the molecule is CCCNc1cc(C(=O)N(CC)CCO)c(Cl)cn1.